The molecule has 2 amide bonds. The minimum Gasteiger partial charge on any atom is -0.346 e. The predicted octanol–water partition coefficient (Wildman–Crippen LogP) is 3.80. The molecule has 1 aromatic carbocycles. The van der Waals surface area contributed by atoms with Crippen molar-refractivity contribution in [2.75, 3.05) is 5.32 Å². The Kier molecular flexibility index (Phi) is 5.18. The Balaban J connectivity index is 1.61. The van der Waals surface area contributed by atoms with Crippen molar-refractivity contribution >= 4 is 52.3 Å². The minimum absolute atomic E-state index is 0.232. The number of rotatable bonds is 5. The van der Waals surface area contributed by atoms with Crippen molar-refractivity contribution in [2.24, 2.45) is 5.92 Å². The number of pyridine rings is 1. The fourth-order valence-electron chi connectivity index (χ4n) is 2.27. The largest absolute Gasteiger partial charge is 0.346 e. The van der Waals surface area contributed by atoms with Crippen LogP contribution in [0, 0.1) is 5.92 Å². The molecular weight excluding hydrogens is 385 g/mol. The van der Waals surface area contributed by atoms with Gasteiger partial charge in [0.05, 0.1) is 28.7 Å². The molecule has 3 rings (SSSR count). The van der Waals surface area contributed by atoms with Gasteiger partial charge in [-0.25, -0.2) is 0 Å². The zero-order valence-electron chi connectivity index (χ0n) is 12.9. The van der Waals surface area contributed by atoms with Gasteiger partial charge in [0.1, 0.15) is 4.33 Å². The van der Waals surface area contributed by atoms with E-state index in [1.165, 1.54) is 6.07 Å². The highest BCUT2D eigenvalue weighted by Gasteiger charge is 2.56. The van der Waals surface area contributed by atoms with Gasteiger partial charge >= 0.3 is 0 Å². The maximum atomic E-state index is 12.2. The molecule has 5 nitrogen and oxygen atoms in total. The highest BCUT2D eigenvalue weighted by molar-refractivity contribution is 6.52. The Hall–Kier alpha value is -1.82. The average Bonchev–Trinajstić information content (AvgIpc) is 3.22. The van der Waals surface area contributed by atoms with Crippen molar-refractivity contribution in [3.8, 4) is 0 Å². The second-order valence-corrected chi connectivity index (χ2v) is 7.65. The number of alkyl halides is 2. The number of nitrogens with one attached hydrogen (secondary N) is 2. The lowest BCUT2D eigenvalue weighted by atomic mass is 10.2. The van der Waals surface area contributed by atoms with E-state index in [0.29, 0.717) is 24.2 Å². The molecule has 2 aromatic rings. The van der Waals surface area contributed by atoms with Crippen LogP contribution in [-0.2, 0) is 11.3 Å². The third-order valence-electron chi connectivity index (χ3n) is 3.78. The van der Waals surface area contributed by atoms with Crippen LogP contribution in [0.15, 0.2) is 42.6 Å². The molecule has 1 aromatic heterocycles. The highest BCUT2D eigenvalue weighted by Crippen LogP contribution is 2.53. The minimum atomic E-state index is -0.987. The fraction of sp³-hybridized carbons (Fsp3) is 0.235. The lowest BCUT2D eigenvalue weighted by molar-refractivity contribution is -0.117. The first-order chi connectivity index (χ1) is 11.9. The van der Waals surface area contributed by atoms with Crippen LogP contribution in [0.25, 0.3) is 0 Å². The van der Waals surface area contributed by atoms with E-state index in [1.807, 2.05) is 12.1 Å². The topological polar surface area (TPSA) is 71.1 Å². The summed E-state index contributed by atoms with van der Waals surface area (Å²) >= 11 is 17.9. The number of amides is 2. The Morgan fingerprint density at radius 1 is 1.24 bits per heavy atom. The standard InChI is InChI=1S/C17H14Cl3N3O2/c18-14-7-10(23-16(25)13-8-17(13,19)20)4-5-12(14)15(24)22-9-11-3-1-2-6-21-11/h1-7,13H,8-9H2,(H,22,24)(H,23,25). The van der Waals surface area contributed by atoms with E-state index in [9.17, 15) is 9.59 Å². The molecule has 1 heterocycles. The van der Waals surface area contributed by atoms with Gasteiger partial charge in [0.2, 0.25) is 5.91 Å². The number of aromatic nitrogens is 1. The molecule has 1 aliphatic carbocycles. The lowest BCUT2D eigenvalue weighted by Crippen LogP contribution is -2.23. The van der Waals surface area contributed by atoms with E-state index in [4.69, 9.17) is 34.8 Å². The van der Waals surface area contributed by atoms with Crippen LogP contribution in [0.4, 0.5) is 5.69 Å². The van der Waals surface area contributed by atoms with Crippen LogP contribution in [0.3, 0.4) is 0 Å². The Morgan fingerprint density at radius 2 is 2.00 bits per heavy atom. The van der Waals surface area contributed by atoms with E-state index in [-0.39, 0.29) is 16.8 Å². The van der Waals surface area contributed by atoms with Crippen molar-refractivity contribution in [1.82, 2.24) is 10.3 Å². The Morgan fingerprint density at radius 3 is 2.60 bits per heavy atom. The molecule has 0 spiro atoms. The van der Waals surface area contributed by atoms with Crippen LogP contribution in [0.1, 0.15) is 22.5 Å². The van der Waals surface area contributed by atoms with Gasteiger partial charge in [0.25, 0.3) is 5.91 Å². The van der Waals surface area contributed by atoms with Crippen LogP contribution in [0.2, 0.25) is 5.02 Å². The van der Waals surface area contributed by atoms with Crippen molar-refractivity contribution in [3.63, 3.8) is 0 Å². The van der Waals surface area contributed by atoms with Crippen molar-refractivity contribution in [2.45, 2.75) is 17.3 Å². The summed E-state index contributed by atoms with van der Waals surface area (Å²) in [5.41, 5.74) is 1.53. The fourth-order valence-corrected chi connectivity index (χ4v) is 3.05. The summed E-state index contributed by atoms with van der Waals surface area (Å²) < 4.78 is -0.987. The zero-order chi connectivity index (χ0) is 18.0. The quantitative estimate of drug-likeness (QED) is 0.753. The van der Waals surface area contributed by atoms with Gasteiger partial charge in [-0.15, -0.1) is 23.2 Å². The smallest absolute Gasteiger partial charge is 0.253 e. The van der Waals surface area contributed by atoms with Gasteiger partial charge in [-0.2, -0.15) is 0 Å². The SMILES string of the molecule is O=C(NCc1ccccn1)c1ccc(NC(=O)C2CC2(Cl)Cl)cc1Cl. The second kappa shape index (κ2) is 7.20. The normalized spacial score (nSPS) is 17.6. The summed E-state index contributed by atoms with van der Waals surface area (Å²) in [5, 5.41) is 5.67. The molecule has 0 aliphatic heterocycles. The molecule has 8 heteroatoms. The van der Waals surface area contributed by atoms with Crippen LogP contribution in [0.5, 0.6) is 0 Å². The first kappa shape index (κ1) is 18.0. The molecule has 25 heavy (non-hydrogen) atoms. The first-order valence-corrected chi connectivity index (χ1v) is 8.66. The summed E-state index contributed by atoms with van der Waals surface area (Å²) in [6.45, 7) is 0.295. The van der Waals surface area contributed by atoms with Crippen molar-refractivity contribution in [1.29, 1.82) is 0 Å². The number of hydrogen-bond donors (Lipinski definition) is 2. The van der Waals surface area contributed by atoms with Crippen molar-refractivity contribution < 1.29 is 9.59 Å². The van der Waals surface area contributed by atoms with Gasteiger partial charge in [-0.05, 0) is 36.8 Å². The zero-order valence-corrected chi connectivity index (χ0v) is 15.2. The molecule has 1 aliphatic rings. The number of carbonyl (C=O) groups is 2. The second-order valence-electron chi connectivity index (χ2n) is 5.71. The third kappa shape index (κ3) is 4.42. The number of benzene rings is 1. The summed E-state index contributed by atoms with van der Waals surface area (Å²) in [6.07, 6.45) is 2.08. The average molecular weight is 399 g/mol. The molecule has 1 saturated carbocycles. The summed E-state index contributed by atoms with van der Waals surface area (Å²) in [7, 11) is 0. The van der Waals surface area contributed by atoms with Gasteiger partial charge in [-0.3, -0.25) is 14.6 Å². The predicted molar refractivity (Wildman–Crippen MR) is 98.0 cm³/mol. The molecule has 1 atom stereocenters. The number of hydrogen-bond acceptors (Lipinski definition) is 3. The first-order valence-electron chi connectivity index (χ1n) is 7.53. The summed E-state index contributed by atoms with van der Waals surface area (Å²) in [6, 6.07) is 10.1. The molecular formula is C17H14Cl3N3O2. The number of carbonyl (C=O) groups excluding carboxylic acids is 2. The number of anilines is 1. The molecule has 0 saturated heterocycles. The molecule has 1 unspecified atom stereocenters. The summed E-state index contributed by atoms with van der Waals surface area (Å²) in [5.74, 6) is -1.03. The van der Waals surface area contributed by atoms with Gasteiger partial charge in [0.15, 0.2) is 0 Å². The van der Waals surface area contributed by atoms with E-state index < -0.39 is 10.3 Å². The summed E-state index contributed by atoms with van der Waals surface area (Å²) in [4.78, 5) is 28.3. The van der Waals surface area contributed by atoms with E-state index in [1.54, 1.807) is 24.4 Å². The molecule has 1 fully saturated rings. The Bertz CT molecular complexity index is 812. The van der Waals surface area contributed by atoms with Crippen LogP contribution < -0.4 is 10.6 Å². The van der Waals surface area contributed by atoms with Gasteiger partial charge in [0, 0.05) is 11.9 Å². The van der Waals surface area contributed by atoms with E-state index >= 15 is 0 Å². The molecule has 0 radical (unpaired) electrons. The van der Waals surface area contributed by atoms with Gasteiger partial charge < -0.3 is 10.6 Å². The molecule has 0 bridgehead atoms. The maximum Gasteiger partial charge on any atom is 0.253 e. The number of nitrogens with zero attached hydrogens (tertiary/aromatic N) is 1. The van der Waals surface area contributed by atoms with Gasteiger partial charge in [-0.1, -0.05) is 17.7 Å². The van der Waals surface area contributed by atoms with Crippen LogP contribution >= 0.6 is 34.8 Å². The van der Waals surface area contributed by atoms with Crippen molar-refractivity contribution in [3.05, 3.63) is 58.9 Å². The van der Waals surface area contributed by atoms with E-state index in [2.05, 4.69) is 15.6 Å². The van der Waals surface area contributed by atoms with E-state index in [0.717, 1.165) is 5.69 Å². The Labute approximate surface area is 159 Å². The van der Waals surface area contributed by atoms with Crippen LogP contribution in [-0.4, -0.2) is 21.1 Å². The maximum absolute atomic E-state index is 12.2. The molecule has 130 valence electrons. The molecule has 2 N–H and O–H groups in total. The monoisotopic (exact) mass is 397 g/mol. The lowest BCUT2D eigenvalue weighted by Gasteiger charge is -2.09. The number of halogens is 3. The third-order valence-corrected chi connectivity index (χ3v) is 4.93. The highest BCUT2D eigenvalue weighted by atomic mass is 35.5.